The molecule has 2 aromatic heterocycles. The minimum atomic E-state index is -2.70. The molecule has 0 bridgehead atoms. The Kier molecular flexibility index (Phi) is 7.64. The Morgan fingerprint density at radius 2 is 1.84 bits per heavy atom. The van der Waals surface area contributed by atoms with Crippen LogP contribution in [0.5, 0.6) is 0 Å². The minimum Gasteiger partial charge on any atom is -0.444 e. The van der Waals surface area contributed by atoms with E-state index in [1.165, 1.54) is 12.6 Å². The zero-order valence-corrected chi connectivity index (χ0v) is 25.1. The fourth-order valence-electron chi connectivity index (χ4n) is 6.45. The first kappa shape index (κ1) is 29.1. The zero-order chi connectivity index (χ0) is 30.5. The summed E-state index contributed by atoms with van der Waals surface area (Å²) in [4.78, 5) is 34.6. The van der Waals surface area contributed by atoms with Crippen molar-refractivity contribution in [3.8, 4) is 11.3 Å². The van der Waals surface area contributed by atoms with Crippen LogP contribution in [0.15, 0.2) is 29.1 Å². The van der Waals surface area contributed by atoms with Crippen molar-refractivity contribution in [2.75, 3.05) is 31.1 Å². The standard InChI is InChI=1S/C31H38F2N6O4/c1-19(40)37-13-9-25-24(17-37)29(35-39(25)21-7-11-36(12-8-21)30(41)43-31(2,3)4)38-10-5-6-20-14-22(27-16-34-18-42-27)23(28(32)33)15-26(20)38/h14-16,18,21,28H,5-13,17H2,1-4H3. The quantitative estimate of drug-likeness (QED) is 0.363. The van der Waals surface area contributed by atoms with Gasteiger partial charge in [0, 0.05) is 67.6 Å². The van der Waals surface area contributed by atoms with Gasteiger partial charge in [0.05, 0.1) is 18.8 Å². The molecule has 1 fully saturated rings. The number of carbonyl (C=O) groups excluding carboxylic acids is 2. The van der Waals surface area contributed by atoms with Gasteiger partial charge in [0.25, 0.3) is 6.43 Å². The molecule has 230 valence electrons. The van der Waals surface area contributed by atoms with Gasteiger partial charge in [0.15, 0.2) is 18.0 Å². The Bertz CT molecular complexity index is 1510. The molecule has 2 amide bonds. The number of aryl methyl sites for hydroxylation is 1. The number of ether oxygens (including phenoxy) is 1. The van der Waals surface area contributed by atoms with Crippen molar-refractivity contribution in [1.82, 2.24) is 24.6 Å². The molecule has 0 N–H and O–H groups in total. The molecule has 0 spiro atoms. The van der Waals surface area contributed by atoms with Gasteiger partial charge < -0.3 is 23.9 Å². The number of carbonyl (C=O) groups is 2. The van der Waals surface area contributed by atoms with E-state index in [1.54, 1.807) is 24.0 Å². The smallest absolute Gasteiger partial charge is 0.410 e. The van der Waals surface area contributed by atoms with Crippen LogP contribution in [0.4, 0.5) is 25.1 Å². The van der Waals surface area contributed by atoms with Crippen molar-refractivity contribution in [2.24, 2.45) is 0 Å². The van der Waals surface area contributed by atoms with Gasteiger partial charge in [-0.05, 0) is 64.2 Å². The molecule has 0 atom stereocenters. The number of hydrogen-bond acceptors (Lipinski definition) is 7. The maximum absolute atomic E-state index is 14.4. The number of fused-ring (bicyclic) bond motifs is 2. The predicted molar refractivity (Wildman–Crippen MR) is 155 cm³/mol. The summed E-state index contributed by atoms with van der Waals surface area (Å²) >= 11 is 0. The van der Waals surface area contributed by atoms with Gasteiger partial charge in [-0.2, -0.15) is 5.10 Å². The molecular weight excluding hydrogens is 558 g/mol. The third-order valence-corrected chi connectivity index (χ3v) is 8.53. The molecule has 3 aromatic rings. The molecule has 5 heterocycles. The first-order valence-corrected chi connectivity index (χ1v) is 14.9. The van der Waals surface area contributed by atoms with E-state index in [4.69, 9.17) is 14.3 Å². The van der Waals surface area contributed by atoms with Crippen LogP contribution in [-0.2, 0) is 28.9 Å². The van der Waals surface area contributed by atoms with Crippen LogP contribution in [0.1, 0.15) is 81.8 Å². The molecule has 1 saturated heterocycles. The molecule has 0 aliphatic carbocycles. The van der Waals surface area contributed by atoms with E-state index in [-0.39, 0.29) is 23.6 Å². The van der Waals surface area contributed by atoms with E-state index < -0.39 is 12.0 Å². The number of likely N-dealkylation sites (tertiary alicyclic amines) is 1. The van der Waals surface area contributed by atoms with E-state index in [2.05, 4.69) is 9.67 Å². The summed E-state index contributed by atoms with van der Waals surface area (Å²) in [5.41, 5.74) is 3.35. The van der Waals surface area contributed by atoms with Crippen molar-refractivity contribution < 1.29 is 27.5 Å². The Morgan fingerprint density at radius 3 is 2.49 bits per heavy atom. The number of alkyl halides is 2. The van der Waals surface area contributed by atoms with Gasteiger partial charge in [0.1, 0.15) is 5.60 Å². The molecule has 6 rings (SSSR count). The summed E-state index contributed by atoms with van der Waals surface area (Å²) in [6.07, 6.45) is 3.34. The first-order valence-electron chi connectivity index (χ1n) is 14.9. The molecule has 12 heteroatoms. The molecule has 0 radical (unpaired) electrons. The van der Waals surface area contributed by atoms with E-state index >= 15 is 0 Å². The third-order valence-electron chi connectivity index (χ3n) is 8.53. The fraction of sp³-hybridized carbons (Fsp3) is 0.548. The summed E-state index contributed by atoms with van der Waals surface area (Å²) in [5.74, 6) is 1.02. The molecule has 1 aromatic carbocycles. The molecule has 0 unspecified atom stereocenters. The van der Waals surface area contributed by atoms with Gasteiger partial charge in [-0.3, -0.25) is 9.48 Å². The monoisotopic (exact) mass is 596 g/mol. The zero-order valence-electron chi connectivity index (χ0n) is 25.1. The summed E-state index contributed by atoms with van der Waals surface area (Å²) in [7, 11) is 0. The van der Waals surface area contributed by atoms with Crippen molar-refractivity contribution in [3.05, 3.63) is 47.1 Å². The van der Waals surface area contributed by atoms with Crippen LogP contribution in [0.3, 0.4) is 0 Å². The number of aromatic nitrogens is 3. The summed E-state index contributed by atoms with van der Waals surface area (Å²) in [6.45, 7) is 9.88. The molecule has 10 nitrogen and oxygen atoms in total. The number of nitrogens with zero attached hydrogens (tertiary/aromatic N) is 6. The Hall–Kier alpha value is -3.96. The van der Waals surface area contributed by atoms with Crippen LogP contribution < -0.4 is 4.90 Å². The highest BCUT2D eigenvalue weighted by Gasteiger charge is 2.35. The largest absolute Gasteiger partial charge is 0.444 e. The van der Waals surface area contributed by atoms with E-state index in [0.717, 1.165) is 42.5 Å². The summed E-state index contributed by atoms with van der Waals surface area (Å²) in [6, 6.07) is 3.42. The van der Waals surface area contributed by atoms with E-state index in [0.29, 0.717) is 62.0 Å². The predicted octanol–water partition coefficient (Wildman–Crippen LogP) is 6.04. The second kappa shape index (κ2) is 11.3. The van der Waals surface area contributed by atoms with Gasteiger partial charge in [-0.25, -0.2) is 18.6 Å². The molecule has 43 heavy (non-hydrogen) atoms. The number of anilines is 2. The van der Waals surface area contributed by atoms with Crippen LogP contribution in [0.2, 0.25) is 0 Å². The van der Waals surface area contributed by atoms with Crippen molar-refractivity contribution >= 4 is 23.5 Å². The number of hydrogen-bond donors (Lipinski definition) is 0. The number of halogens is 2. The third kappa shape index (κ3) is 5.71. The maximum atomic E-state index is 14.4. The molecule has 3 aliphatic rings. The lowest BCUT2D eigenvalue weighted by Crippen LogP contribution is -2.42. The Balaban J connectivity index is 1.36. The van der Waals surface area contributed by atoms with Crippen LogP contribution in [0, 0.1) is 0 Å². The van der Waals surface area contributed by atoms with E-state index in [1.807, 2.05) is 30.6 Å². The number of benzene rings is 1. The summed E-state index contributed by atoms with van der Waals surface area (Å²) < 4.78 is 41.8. The van der Waals surface area contributed by atoms with Crippen molar-refractivity contribution in [3.63, 3.8) is 0 Å². The number of amides is 2. The van der Waals surface area contributed by atoms with Gasteiger partial charge >= 0.3 is 6.09 Å². The molecular formula is C31H38F2N6O4. The van der Waals surface area contributed by atoms with Crippen molar-refractivity contribution in [2.45, 2.75) is 84.4 Å². The van der Waals surface area contributed by atoms with Crippen LogP contribution in [0.25, 0.3) is 11.3 Å². The highest BCUT2D eigenvalue weighted by molar-refractivity contribution is 5.77. The highest BCUT2D eigenvalue weighted by Crippen LogP contribution is 2.43. The van der Waals surface area contributed by atoms with E-state index in [9.17, 15) is 18.4 Å². The normalized spacial score (nSPS) is 17.7. The average molecular weight is 597 g/mol. The van der Waals surface area contributed by atoms with Gasteiger partial charge in [0.2, 0.25) is 5.91 Å². The van der Waals surface area contributed by atoms with Crippen molar-refractivity contribution in [1.29, 1.82) is 0 Å². The lowest BCUT2D eigenvalue weighted by molar-refractivity contribution is -0.129. The Labute approximate surface area is 249 Å². The minimum absolute atomic E-state index is 0.00857. The lowest BCUT2D eigenvalue weighted by Gasteiger charge is -2.34. The molecule has 3 aliphatic heterocycles. The highest BCUT2D eigenvalue weighted by atomic mass is 19.3. The lowest BCUT2D eigenvalue weighted by atomic mass is 9.94. The first-order chi connectivity index (χ1) is 20.5. The number of oxazole rings is 1. The average Bonchev–Trinajstić information content (AvgIpc) is 3.64. The Morgan fingerprint density at radius 1 is 1.07 bits per heavy atom. The second-order valence-electron chi connectivity index (χ2n) is 12.6. The molecule has 0 saturated carbocycles. The van der Waals surface area contributed by atoms with Gasteiger partial charge in [-0.1, -0.05) is 0 Å². The van der Waals surface area contributed by atoms with Gasteiger partial charge in [-0.15, -0.1) is 0 Å². The number of rotatable bonds is 4. The maximum Gasteiger partial charge on any atom is 0.410 e. The summed E-state index contributed by atoms with van der Waals surface area (Å²) in [5, 5.41) is 5.16. The SMILES string of the molecule is CC(=O)N1CCc2c(c(N3CCCc4cc(-c5cnco5)c(C(F)F)cc43)nn2C2CCN(C(=O)OC(C)(C)C)CC2)C1. The fourth-order valence-corrected chi connectivity index (χ4v) is 6.45. The van der Waals surface area contributed by atoms with Crippen LogP contribution in [-0.4, -0.2) is 68.3 Å². The topological polar surface area (TPSA) is 96.9 Å². The second-order valence-corrected chi connectivity index (χ2v) is 12.6. The van der Waals surface area contributed by atoms with Crippen LogP contribution >= 0.6 is 0 Å². The number of piperidine rings is 1.